The third-order valence-corrected chi connectivity index (χ3v) is 8.17. The highest BCUT2D eigenvalue weighted by atomic mass is 32.2. The second kappa shape index (κ2) is 9.26. The minimum atomic E-state index is -3.88. The number of hydrogen-bond donors (Lipinski definition) is 2. The highest BCUT2D eigenvalue weighted by molar-refractivity contribution is 7.92. The molecule has 186 valence electrons. The van der Waals surface area contributed by atoms with Gasteiger partial charge in [0.05, 0.1) is 4.90 Å². The number of sulfonamides is 1. The number of hydrogen-bond acceptors (Lipinski definition) is 7. The summed E-state index contributed by atoms with van der Waals surface area (Å²) in [6.07, 6.45) is 6.99. The lowest BCUT2D eigenvalue weighted by molar-refractivity contribution is 0.104. The second-order valence-electron chi connectivity index (χ2n) is 8.33. The lowest BCUT2D eigenvalue weighted by Crippen LogP contribution is -2.13. The zero-order valence-corrected chi connectivity index (χ0v) is 21.0. The Bertz CT molecular complexity index is 1870. The maximum absolute atomic E-state index is 13.4. The van der Waals surface area contributed by atoms with Crippen LogP contribution in [0.15, 0.2) is 101 Å². The van der Waals surface area contributed by atoms with Gasteiger partial charge in [0.25, 0.3) is 10.0 Å². The summed E-state index contributed by atoms with van der Waals surface area (Å²) in [4.78, 5) is 24.8. The van der Waals surface area contributed by atoms with E-state index in [9.17, 15) is 21.6 Å². The van der Waals surface area contributed by atoms with Gasteiger partial charge in [-0.2, -0.15) is 0 Å². The van der Waals surface area contributed by atoms with Gasteiger partial charge in [0.1, 0.15) is 10.5 Å². The fourth-order valence-corrected chi connectivity index (χ4v) is 5.53. The van der Waals surface area contributed by atoms with E-state index in [1.807, 2.05) is 0 Å². The summed E-state index contributed by atoms with van der Waals surface area (Å²) in [5.41, 5.74) is 2.62. The Morgan fingerprint density at radius 3 is 2.41 bits per heavy atom. The number of H-pyrrole nitrogens is 1. The molecule has 2 aromatic carbocycles. The van der Waals surface area contributed by atoms with E-state index in [1.165, 1.54) is 36.7 Å². The Kier molecular flexibility index (Phi) is 6.10. The molecule has 0 radical (unpaired) electrons. The molecule has 0 saturated carbocycles. The summed E-state index contributed by atoms with van der Waals surface area (Å²) in [5.74, 6) is -0.336. The molecule has 0 aliphatic carbocycles. The van der Waals surface area contributed by atoms with Crippen molar-refractivity contribution in [2.45, 2.75) is 9.79 Å². The molecule has 0 amide bonds. The Hall–Kier alpha value is -4.35. The summed E-state index contributed by atoms with van der Waals surface area (Å²) in [5, 5.41) is 0.550. The SMILES string of the molecule is CS(=O)(=O)c1cccc(-c2cnc3[nH]cc(C(=O)c4cccc(NS(=O)(=O)c5cccnc5)c4)c3c2)c1. The number of nitrogens with one attached hydrogen (secondary N) is 2. The first-order chi connectivity index (χ1) is 17.6. The van der Waals surface area contributed by atoms with E-state index >= 15 is 0 Å². The quantitative estimate of drug-likeness (QED) is 0.301. The van der Waals surface area contributed by atoms with Crippen molar-refractivity contribution in [1.82, 2.24) is 15.0 Å². The van der Waals surface area contributed by atoms with Gasteiger partial charge in [0.2, 0.25) is 0 Å². The minimum Gasteiger partial charge on any atom is -0.345 e. The van der Waals surface area contributed by atoms with E-state index < -0.39 is 19.9 Å². The number of pyridine rings is 2. The molecule has 0 aliphatic rings. The summed E-state index contributed by atoms with van der Waals surface area (Å²) in [6.45, 7) is 0. The summed E-state index contributed by atoms with van der Waals surface area (Å²) in [6, 6.07) is 17.4. The number of anilines is 1. The zero-order chi connectivity index (χ0) is 26.2. The van der Waals surface area contributed by atoms with Gasteiger partial charge in [-0.3, -0.25) is 14.5 Å². The van der Waals surface area contributed by atoms with Crippen LogP contribution in [-0.2, 0) is 19.9 Å². The highest BCUT2D eigenvalue weighted by Gasteiger charge is 2.19. The van der Waals surface area contributed by atoms with E-state index in [-0.39, 0.29) is 26.8 Å². The van der Waals surface area contributed by atoms with Crippen LogP contribution in [-0.4, -0.2) is 43.8 Å². The molecule has 0 saturated heterocycles. The first-order valence-corrected chi connectivity index (χ1v) is 14.3. The lowest BCUT2D eigenvalue weighted by Gasteiger charge is -2.09. The molecular weight excluding hydrogens is 512 g/mol. The molecule has 2 N–H and O–H groups in total. The second-order valence-corrected chi connectivity index (χ2v) is 12.0. The Labute approximate surface area is 213 Å². The fourth-order valence-electron chi connectivity index (χ4n) is 3.85. The van der Waals surface area contributed by atoms with Crippen molar-refractivity contribution >= 4 is 42.4 Å². The number of ketones is 1. The van der Waals surface area contributed by atoms with Gasteiger partial charge in [-0.15, -0.1) is 0 Å². The van der Waals surface area contributed by atoms with Gasteiger partial charge < -0.3 is 4.98 Å². The molecule has 5 rings (SSSR count). The van der Waals surface area contributed by atoms with Gasteiger partial charge >= 0.3 is 0 Å². The number of benzene rings is 2. The first kappa shape index (κ1) is 24.3. The maximum atomic E-state index is 13.4. The van der Waals surface area contributed by atoms with Crippen LogP contribution in [0.25, 0.3) is 22.2 Å². The predicted octanol–water partition coefficient (Wildman–Crippen LogP) is 4.06. The number of carbonyl (C=O) groups excluding carboxylic acids is 1. The summed E-state index contributed by atoms with van der Waals surface area (Å²) >= 11 is 0. The minimum absolute atomic E-state index is 0.00176. The predicted molar refractivity (Wildman–Crippen MR) is 140 cm³/mol. The number of carbonyl (C=O) groups is 1. The van der Waals surface area contributed by atoms with Crippen LogP contribution in [0.1, 0.15) is 15.9 Å². The van der Waals surface area contributed by atoms with E-state index in [1.54, 1.807) is 54.9 Å². The lowest BCUT2D eigenvalue weighted by atomic mass is 10.0. The molecule has 3 heterocycles. The van der Waals surface area contributed by atoms with Crippen molar-refractivity contribution in [2.24, 2.45) is 0 Å². The van der Waals surface area contributed by atoms with Gasteiger partial charge in [-0.25, -0.2) is 21.8 Å². The molecule has 0 atom stereocenters. The standard InChI is InChI=1S/C26H20N4O5S2/c1-36(32,33)21-8-3-5-17(12-21)19-13-23-24(16-29-26(23)28-14-19)25(31)18-6-2-7-20(11-18)30-37(34,35)22-9-4-10-27-15-22/h2-16,30H,1H3,(H,28,29). The molecule has 5 aromatic rings. The average Bonchev–Trinajstić information content (AvgIpc) is 3.31. The van der Waals surface area contributed by atoms with E-state index in [0.29, 0.717) is 27.7 Å². The van der Waals surface area contributed by atoms with Crippen molar-refractivity contribution < 1.29 is 21.6 Å². The van der Waals surface area contributed by atoms with E-state index in [2.05, 4.69) is 19.7 Å². The van der Waals surface area contributed by atoms with E-state index in [0.717, 1.165) is 6.26 Å². The van der Waals surface area contributed by atoms with Crippen molar-refractivity contribution in [3.8, 4) is 11.1 Å². The van der Waals surface area contributed by atoms with Crippen LogP contribution in [0, 0.1) is 0 Å². The number of aromatic amines is 1. The monoisotopic (exact) mass is 532 g/mol. The molecule has 0 bridgehead atoms. The third-order valence-electron chi connectivity index (χ3n) is 5.69. The Morgan fingerprint density at radius 2 is 1.65 bits per heavy atom. The van der Waals surface area contributed by atoms with Crippen LogP contribution in [0.4, 0.5) is 5.69 Å². The molecule has 37 heavy (non-hydrogen) atoms. The van der Waals surface area contributed by atoms with Crippen LogP contribution >= 0.6 is 0 Å². The highest BCUT2D eigenvalue weighted by Crippen LogP contribution is 2.28. The molecule has 11 heteroatoms. The molecular formula is C26H20N4O5S2. The maximum Gasteiger partial charge on any atom is 0.263 e. The Balaban J connectivity index is 1.49. The van der Waals surface area contributed by atoms with Gasteiger partial charge in [0.15, 0.2) is 15.6 Å². The van der Waals surface area contributed by atoms with Gasteiger partial charge in [-0.1, -0.05) is 24.3 Å². The van der Waals surface area contributed by atoms with Crippen LogP contribution in [0.3, 0.4) is 0 Å². The molecule has 0 spiro atoms. The fraction of sp³-hybridized carbons (Fsp3) is 0.0385. The number of aromatic nitrogens is 3. The van der Waals surface area contributed by atoms with Crippen molar-refractivity contribution in [3.63, 3.8) is 0 Å². The van der Waals surface area contributed by atoms with Gasteiger partial charge in [0, 0.05) is 58.8 Å². The number of nitrogens with zero attached hydrogens (tertiary/aromatic N) is 2. The first-order valence-electron chi connectivity index (χ1n) is 11.0. The molecule has 0 fully saturated rings. The van der Waals surface area contributed by atoms with E-state index in [4.69, 9.17) is 0 Å². The largest absolute Gasteiger partial charge is 0.345 e. The molecule has 9 nitrogen and oxygen atoms in total. The summed E-state index contributed by atoms with van der Waals surface area (Å²) < 4.78 is 51.7. The molecule has 0 aliphatic heterocycles. The number of rotatable bonds is 7. The normalized spacial score (nSPS) is 11.9. The number of fused-ring (bicyclic) bond motifs is 1. The Morgan fingerprint density at radius 1 is 0.865 bits per heavy atom. The van der Waals surface area contributed by atoms with Gasteiger partial charge in [-0.05, 0) is 48.0 Å². The summed E-state index contributed by atoms with van der Waals surface area (Å²) in [7, 11) is -7.27. The number of sulfone groups is 1. The van der Waals surface area contributed by atoms with Crippen LogP contribution < -0.4 is 4.72 Å². The average molecular weight is 533 g/mol. The molecule has 0 unspecified atom stereocenters. The zero-order valence-electron chi connectivity index (χ0n) is 19.4. The van der Waals surface area contributed by atoms with Crippen LogP contribution in [0.2, 0.25) is 0 Å². The molecule has 3 aromatic heterocycles. The van der Waals surface area contributed by atoms with Crippen molar-refractivity contribution in [2.75, 3.05) is 11.0 Å². The smallest absolute Gasteiger partial charge is 0.263 e. The van der Waals surface area contributed by atoms with Crippen molar-refractivity contribution in [1.29, 1.82) is 0 Å². The van der Waals surface area contributed by atoms with Crippen molar-refractivity contribution in [3.05, 3.63) is 103 Å². The topological polar surface area (TPSA) is 139 Å². The third kappa shape index (κ3) is 4.99. The van der Waals surface area contributed by atoms with Crippen LogP contribution in [0.5, 0.6) is 0 Å².